The first-order valence-corrected chi connectivity index (χ1v) is 6.51. The highest BCUT2D eigenvalue weighted by Gasteiger charge is 2.23. The van der Waals surface area contributed by atoms with Crippen LogP contribution in [0.2, 0.25) is 0 Å². The highest BCUT2D eigenvalue weighted by Crippen LogP contribution is 2.28. The Bertz CT molecular complexity index is 436. The van der Waals surface area contributed by atoms with Crippen LogP contribution in [-0.2, 0) is 6.42 Å². The van der Waals surface area contributed by atoms with E-state index in [1.165, 1.54) is 12.0 Å². The molecule has 1 amide bonds. The maximum atomic E-state index is 12.4. The number of rotatable bonds is 1. The van der Waals surface area contributed by atoms with Gasteiger partial charge < -0.3 is 10.2 Å². The SMILES string of the molecule is O=C(c1cccc2c1NCC2)N1CCCCC1. The maximum Gasteiger partial charge on any atom is 0.255 e. The monoisotopic (exact) mass is 230 g/mol. The topological polar surface area (TPSA) is 32.3 Å². The van der Waals surface area contributed by atoms with Gasteiger partial charge in [0.2, 0.25) is 0 Å². The summed E-state index contributed by atoms with van der Waals surface area (Å²) in [5.41, 5.74) is 3.22. The predicted molar refractivity (Wildman–Crippen MR) is 68.4 cm³/mol. The molecule has 0 atom stereocenters. The Hall–Kier alpha value is -1.51. The Morgan fingerprint density at radius 1 is 1.18 bits per heavy atom. The third-order valence-corrected chi connectivity index (χ3v) is 3.72. The summed E-state index contributed by atoms with van der Waals surface area (Å²) in [7, 11) is 0. The maximum absolute atomic E-state index is 12.4. The van der Waals surface area contributed by atoms with Crippen LogP contribution in [0.15, 0.2) is 18.2 Å². The summed E-state index contributed by atoms with van der Waals surface area (Å²) in [6.07, 6.45) is 4.59. The van der Waals surface area contributed by atoms with Crippen LogP contribution in [0.5, 0.6) is 0 Å². The average molecular weight is 230 g/mol. The molecule has 1 aromatic rings. The van der Waals surface area contributed by atoms with Gasteiger partial charge in [0.15, 0.2) is 0 Å². The van der Waals surface area contributed by atoms with Gasteiger partial charge >= 0.3 is 0 Å². The molecule has 1 N–H and O–H groups in total. The quantitative estimate of drug-likeness (QED) is 0.802. The molecule has 1 fully saturated rings. The number of carbonyl (C=O) groups excluding carboxylic acids is 1. The zero-order valence-corrected chi connectivity index (χ0v) is 10.0. The van der Waals surface area contributed by atoms with E-state index in [1.807, 2.05) is 17.0 Å². The van der Waals surface area contributed by atoms with Gasteiger partial charge in [-0.15, -0.1) is 0 Å². The molecule has 0 aromatic heterocycles. The van der Waals surface area contributed by atoms with Crippen LogP contribution in [0.3, 0.4) is 0 Å². The summed E-state index contributed by atoms with van der Waals surface area (Å²) in [4.78, 5) is 14.4. The van der Waals surface area contributed by atoms with Gasteiger partial charge in [0.25, 0.3) is 5.91 Å². The highest BCUT2D eigenvalue weighted by atomic mass is 16.2. The molecule has 2 aliphatic rings. The molecule has 0 bridgehead atoms. The van der Waals surface area contributed by atoms with Crippen LogP contribution in [0.1, 0.15) is 35.2 Å². The van der Waals surface area contributed by atoms with Gasteiger partial charge in [-0.3, -0.25) is 4.79 Å². The van der Waals surface area contributed by atoms with Crippen molar-refractivity contribution in [2.24, 2.45) is 0 Å². The number of nitrogens with one attached hydrogen (secondary N) is 1. The number of para-hydroxylation sites is 1. The number of hydrogen-bond donors (Lipinski definition) is 1. The van der Waals surface area contributed by atoms with Crippen LogP contribution in [0.4, 0.5) is 5.69 Å². The highest BCUT2D eigenvalue weighted by molar-refractivity contribution is 6.00. The molecule has 0 saturated carbocycles. The molecule has 1 aromatic carbocycles. The second-order valence-electron chi connectivity index (χ2n) is 4.87. The summed E-state index contributed by atoms with van der Waals surface area (Å²) in [5.74, 6) is 0.205. The molecular formula is C14H18N2O. The molecule has 0 unspecified atom stereocenters. The van der Waals surface area contributed by atoms with E-state index in [-0.39, 0.29) is 5.91 Å². The molecule has 3 nitrogen and oxygen atoms in total. The lowest BCUT2D eigenvalue weighted by atomic mass is 10.0. The lowest BCUT2D eigenvalue weighted by molar-refractivity contribution is 0.0725. The van der Waals surface area contributed by atoms with E-state index in [2.05, 4.69) is 11.4 Å². The smallest absolute Gasteiger partial charge is 0.255 e. The summed E-state index contributed by atoms with van der Waals surface area (Å²) in [6, 6.07) is 6.07. The van der Waals surface area contributed by atoms with Gasteiger partial charge in [0.05, 0.1) is 11.3 Å². The number of nitrogens with zero attached hydrogens (tertiary/aromatic N) is 1. The van der Waals surface area contributed by atoms with Crippen molar-refractivity contribution >= 4 is 11.6 Å². The Balaban J connectivity index is 1.88. The molecule has 1 saturated heterocycles. The van der Waals surface area contributed by atoms with E-state index in [0.29, 0.717) is 0 Å². The minimum atomic E-state index is 0.205. The van der Waals surface area contributed by atoms with Crippen molar-refractivity contribution in [3.63, 3.8) is 0 Å². The van der Waals surface area contributed by atoms with Crippen molar-refractivity contribution in [1.29, 1.82) is 0 Å². The summed E-state index contributed by atoms with van der Waals surface area (Å²) >= 11 is 0. The van der Waals surface area contributed by atoms with Crippen molar-refractivity contribution in [2.75, 3.05) is 25.0 Å². The number of carbonyl (C=O) groups is 1. The third kappa shape index (κ3) is 1.90. The van der Waals surface area contributed by atoms with Crippen LogP contribution >= 0.6 is 0 Å². The molecule has 3 heteroatoms. The van der Waals surface area contributed by atoms with E-state index in [0.717, 1.165) is 50.1 Å². The molecule has 90 valence electrons. The van der Waals surface area contributed by atoms with Crippen LogP contribution in [0, 0.1) is 0 Å². The van der Waals surface area contributed by atoms with E-state index in [4.69, 9.17) is 0 Å². The first kappa shape index (κ1) is 10.6. The van der Waals surface area contributed by atoms with Crippen molar-refractivity contribution in [3.8, 4) is 0 Å². The van der Waals surface area contributed by atoms with Gasteiger partial charge in [-0.25, -0.2) is 0 Å². The number of anilines is 1. The molecular weight excluding hydrogens is 212 g/mol. The number of piperidine rings is 1. The van der Waals surface area contributed by atoms with E-state index >= 15 is 0 Å². The zero-order valence-electron chi connectivity index (χ0n) is 10.0. The zero-order chi connectivity index (χ0) is 11.7. The summed E-state index contributed by atoms with van der Waals surface area (Å²) in [6.45, 7) is 2.80. The second-order valence-corrected chi connectivity index (χ2v) is 4.87. The lowest BCUT2D eigenvalue weighted by Gasteiger charge is -2.27. The van der Waals surface area contributed by atoms with E-state index in [1.54, 1.807) is 0 Å². The number of fused-ring (bicyclic) bond motifs is 1. The first-order chi connectivity index (χ1) is 8.36. The standard InChI is InChI=1S/C14H18N2O/c17-14(16-9-2-1-3-10-16)12-6-4-5-11-7-8-15-13(11)12/h4-6,15H,1-3,7-10H2. The minimum absolute atomic E-state index is 0.205. The van der Waals surface area contributed by atoms with Crippen molar-refractivity contribution in [1.82, 2.24) is 4.90 Å². The number of hydrogen-bond acceptors (Lipinski definition) is 2. The van der Waals surface area contributed by atoms with Crippen molar-refractivity contribution in [3.05, 3.63) is 29.3 Å². The number of likely N-dealkylation sites (tertiary alicyclic amines) is 1. The van der Waals surface area contributed by atoms with E-state index in [9.17, 15) is 4.79 Å². The van der Waals surface area contributed by atoms with Crippen LogP contribution in [-0.4, -0.2) is 30.4 Å². The van der Waals surface area contributed by atoms with Crippen LogP contribution in [0.25, 0.3) is 0 Å². The molecule has 2 heterocycles. The minimum Gasteiger partial charge on any atom is -0.384 e. The Morgan fingerprint density at radius 3 is 2.82 bits per heavy atom. The van der Waals surface area contributed by atoms with Crippen molar-refractivity contribution < 1.29 is 4.79 Å². The normalized spacial score (nSPS) is 18.7. The van der Waals surface area contributed by atoms with E-state index < -0.39 is 0 Å². The largest absolute Gasteiger partial charge is 0.384 e. The molecule has 0 radical (unpaired) electrons. The fourth-order valence-electron chi connectivity index (χ4n) is 2.78. The lowest BCUT2D eigenvalue weighted by Crippen LogP contribution is -2.35. The third-order valence-electron chi connectivity index (χ3n) is 3.72. The first-order valence-electron chi connectivity index (χ1n) is 6.51. The molecule has 0 aliphatic carbocycles. The Kier molecular flexibility index (Phi) is 2.75. The Morgan fingerprint density at radius 2 is 2.00 bits per heavy atom. The predicted octanol–water partition coefficient (Wildman–Crippen LogP) is 2.28. The summed E-state index contributed by atoms with van der Waals surface area (Å²) in [5, 5.41) is 3.34. The summed E-state index contributed by atoms with van der Waals surface area (Å²) < 4.78 is 0. The van der Waals surface area contributed by atoms with Gasteiger partial charge in [-0.05, 0) is 37.3 Å². The molecule has 0 spiro atoms. The average Bonchev–Trinajstić information content (AvgIpc) is 2.87. The number of benzene rings is 1. The van der Waals surface area contributed by atoms with Crippen molar-refractivity contribution in [2.45, 2.75) is 25.7 Å². The number of amides is 1. The van der Waals surface area contributed by atoms with Gasteiger partial charge in [-0.1, -0.05) is 12.1 Å². The molecule has 3 rings (SSSR count). The molecule has 17 heavy (non-hydrogen) atoms. The van der Waals surface area contributed by atoms with Gasteiger partial charge in [0.1, 0.15) is 0 Å². The second kappa shape index (κ2) is 4.40. The Labute approximate surface area is 102 Å². The fourth-order valence-corrected chi connectivity index (χ4v) is 2.78. The fraction of sp³-hybridized carbons (Fsp3) is 0.500. The van der Waals surface area contributed by atoms with Gasteiger partial charge in [-0.2, -0.15) is 0 Å². The molecule has 2 aliphatic heterocycles. The van der Waals surface area contributed by atoms with Crippen LogP contribution < -0.4 is 5.32 Å². The van der Waals surface area contributed by atoms with Gasteiger partial charge in [0, 0.05) is 19.6 Å².